The Morgan fingerprint density at radius 3 is 2.57 bits per heavy atom. The highest BCUT2D eigenvalue weighted by molar-refractivity contribution is 5.72. The first kappa shape index (κ1) is 10.5. The Kier molecular flexibility index (Phi) is 3.92. The molecule has 0 aliphatic rings. The predicted molar refractivity (Wildman–Crippen MR) is 56.8 cm³/mol. The quantitative estimate of drug-likeness (QED) is 0.685. The Balaban J connectivity index is 2.52. The lowest BCUT2D eigenvalue weighted by molar-refractivity contribution is -0.139. The molecule has 1 rings (SSSR count). The third-order valence-corrected chi connectivity index (χ3v) is 1.90. The second-order valence-electron chi connectivity index (χ2n) is 3.09. The molecule has 74 valence electrons. The lowest BCUT2D eigenvalue weighted by atomic mass is 10.1. The van der Waals surface area contributed by atoms with Crippen LogP contribution in [0.15, 0.2) is 30.3 Å². The molecule has 0 fully saturated rings. The van der Waals surface area contributed by atoms with Crippen LogP contribution in [0.5, 0.6) is 0 Å². The van der Waals surface area contributed by atoms with E-state index in [-0.39, 0.29) is 5.97 Å². The van der Waals surface area contributed by atoms with E-state index in [1.165, 1.54) is 12.7 Å². The lowest BCUT2D eigenvalue weighted by Gasteiger charge is -1.95. The number of aryl methyl sites for hydroxylation is 1. The topological polar surface area (TPSA) is 26.3 Å². The number of rotatable bonds is 3. The van der Waals surface area contributed by atoms with Gasteiger partial charge in [0, 0.05) is 0 Å². The van der Waals surface area contributed by atoms with E-state index in [0.29, 0.717) is 6.42 Å². The van der Waals surface area contributed by atoms with Gasteiger partial charge in [0.2, 0.25) is 0 Å². The van der Waals surface area contributed by atoms with Gasteiger partial charge in [0.1, 0.15) is 0 Å². The molecular formula is C12H14O2. The molecule has 0 amide bonds. The van der Waals surface area contributed by atoms with Crippen molar-refractivity contribution in [2.45, 2.75) is 13.3 Å². The highest BCUT2D eigenvalue weighted by Crippen LogP contribution is 2.05. The molecule has 2 heteroatoms. The van der Waals surface area contributed by atoms with Crippen LogP contribution in [0.2, 0.25) is 0 Å². The Labute approximate surface area is 84.2 Å². The van der Waals surface area contributed by atoms with E-state index in [9.17, 15) is 4.79 Å². The van der Waals surface area contributed by atoms with Gasteiger partial charge in [0.05, 0.1) is 13.5 Å². The normalized spacial score (nSPS) is 10.4. The van der Waals surface area contributed by atoms with E-state index >= 15 is 0 Å². The second-order valence-corrected chi connectivity index (χ2v) is 3.09. The standard InChI is InChI=1S/C12H14O2/c1-10-6-8-11(9-7-10)4-3-5-12(13)14-2/h3-4,6-9H,5H2,1-2H3. The van der Waals surface area contributed by atoms with Crippen LogP contribution >= 0.6 is 0 Å². The molecule has 0 aromatic heterocycles. The van der Waals surface area contributed by atoms with Crippen LogP contribution in [0.3, 0.4) is 0 Å². The average molecular weight is 190 g/mol. The van der Waals surface area contributed by atoms with E-state index in [4.69, 9.17) is 0 Å². The van der Waals surface area contributed by atoms with Gasteiger partial charge in [0.15, 0.2) is 0 Å². The van der Waals surface area contributed by atoms with Crippen LogP contribution in [0.25, 0.3) is 6.08 Å². The fourth-order valence-corrected chi connectivity index (χ4v) is 1.05. The number of benzene rings is 1. The summed E-state index contributed by atoms with van der Waals surface area (Å²) in [4.78, 5) is 10.8. The summed E-state index contributed by atoms with van der Waals surface area (Å²) in [7, 11) is 1.39. The Bertz CT molecular complexity index is 323. The monoisotopic (exact) mass is 190 g/mol. The van der Waals surface area contributed by atoms with E-state index in [1.54, 1.807) is 6.08 Å². The maximum Gasteiger partial charge on any atom is 0.309 e. The molecule has 1 aromatic carbocycles. The molecule has 0 bridgehead atoms. The molecule has 0 radical (unpaired) electrons. The van der Waals surface area contributed by atoms with Crippen molar-refractivity contribution in [3.8, 4) is 0 Å². The van der Waals surface area contributed by atoms with Crippen LogP contribution in [0, 0.1) is 6.92 Å². The van der Waals surface area contributed by atoms with Crippen LogP contribution in [0.1, 0.15) is 17.5 Å². The van der Waals surface area contributed by atoms with Crippen molar-refractivity contribution in [1.82, 2.24) is 0 Å². The lowest BCUT2D eigenvalue weighted by Crippen LogP contribution is -1.96. The Morgan fingerprint density at radius 1 is 1.36 bits per heavy atom. The van der Waals surface area contributed by atoms with Gasteiger partial charge in [0.25, 0.3) is 0 Å². The molecule has 0 aliphatic heterocycles. The Morgan fingerprint density at radius 2 is 2.00 bits per heavy atom. The molecule has 0 saturated carbocycles. The molecule has 0 spiro atoms. The highest BCUT2D eigenvalue weighted by Gasteiger charge is 1.93. The summed E-state index contributed by atoms with van der Waals surface area (Å²) in [6.07, 6.45) is 4.04. The molecule has 0 N–H and O–H groups in total. The molecule has 1 aromatic rings. The van der Waals surface area contributed by atoms with Gasteiger partial charge in [-0.25, -0.2) is 0 Å². The van der Waals surface area contributed by atoms with Crippen LogP contribution in [0.4, 0.5) is 0 Å². The number of ether oxygens (including phenoxy) is 1. The van der Waals surface area contributed by atoms with Crippen molar-refractivity contribution in [1.29, 1.82) is 0 Å². The third-order valence-electron chi connectivity index (χ3n) is 1.90. The van der Waals surface area contributed by atoms with Crippen LogP contribution in [-0.4, -0.2) is 13.1 Å². The van der Waals surface area contributed by atoms with Crippen molar-refractivity contribution >= 4 is 12.0 Å². The summed E-state index contributed by atoms with van der Waals surface area (Å²) in [5, 5.41) is 0. The zero-order chi connectivity index (χ0) is 10.4. The summed E-state index contributed by atoms with van der Waals surface area (Å²) in [5.41, 5.74) is 2.33. The third kappa shape index (κ3) is 3.44. The predicted octanol–water partition coefficient (Wildman–Crippen LogP) is 2.57. The number of esters is 1. The first-order valence-corrected chi connectivity index (χ1v) is 4.52. The van der Waals surface area contributed by atoms with E-state index in [2.05, 4.69) is 4.74 Å². The minimum Gasteiger partial charge on any atom is -0.469 e. The van der Waals surface area contributed by atoms with Crippen molar-refractivity contribution < 1.29 is 9.53 Å². The molecular weight excluding hydrogens is 176 g/mol. The zero-order valence-corrected chi connectivity index (χ0v) is 8.49. The highest BCUT2D eigenvalue weighted by atomic mass is 16.5. The van der Waals surface area contributed by atoms with Gasteiger partial charge in [-0.2, -0.15) is 0 Å². The number of hydrogen-bond acceptors (Lipinski definition) is 2. The summed E-state index contributed by atoms with van der Waals surface area (Å²) in [6.45, 7) is 2.04. The average Bonchev–Trinajstić information content (AvgIpc) is 2.21. The zero-order valence-electron chi connectivity index (χ0n) is 8.49. The molecule has 2 nitrogen and oxygen atoms in total. The smallest absolute Gasteiger partial charge is 0.309 e. The molecule has 0 unspecified atom stereocenters. The van der Waals surface area contributed by atoms with Gasteiger partial charge in [-0.3, -0.25) is 4.79 Å². The maximum absolute atomic E-state index is 10.8. The number of hydrogen-bond donors (Lipinski definition) is 0. The fourth-order valence-electron chi connectivity index (χ4n) is 1.05. The van der Waals surface area contributed by atoms with Crippen molar-refractivity contribution in [2.24, 2.45) is 0 Å². The number of methoxy groups -OCH3 is 1. The number of carbonyl (C=O) groups is 1. The molecule has 14 heavy (non-hydrogen) atoms. The van der Waals surface area contributed by atoms with Gasteiger partial charge in [-0.05, 0) is 12.5 Å². The molecule has 0 atom stereocenters. The van der Waals surface area contributed by atoms with E-state index < -0.39 is 0 Å². The summed E-state index contributed by atoms with van der Waals surface area (Å²) >= 11 is 0. The second kappa shape index (κ2) is 5.22. The van der Waals surface area contributed by atoms with Crippen molar-refractivity contribution in [3.63, 3.8) is 0 Å². The molecule has 0 aliphatic carbocycles. The fraction of sp³-hybridized carbons (Fsp3) is 0.250. The molecule has 0 heterocycles. The first-order valence-electron chi connectivity index (χ1n) is 4.52. The summed E-state index contributed by atoms with van der Waals surface area (Å²) in [6, 6.07) is 8.11. The van der Waals surface area contributed by atoms with E-state index in [1.807, 2.05) is 37.3 Å². The van der Waals surface area contributed by atoms with Gasteiger partial charge in [-0.15, -0.1) is 0 Å². The summed E-state index contributed by atoms with van der Waals surface area (Å²) < 4.78 is 4.52. The van der Waals surface area contributed by atoms with E-state index in [0.717, 1.165) is 5.56 Å². The SMILES string of the molecule is COC(=O)CC=Cc1ccc(C)cc1. The minimum absolute atomic E-state index is 0.214. The maximum atomic E-state index is 10.8. The largest absolute Gasteiger partial charge is 0.469 e. The van der Waals surface area contributed by atoms with Crippen molar-refractivity contribution in [2.75, 3.05) is 7.11 Å². The van der Waals surface area contributed by atoms with Crippen LogP contribution < -0.4 is 0 Å². The Hall–Kier alpha value is -1.57. The van der Waals surface area contributed by atoms with Crippen molar-refractivity contribution in [3.05, 3.63) is 41.5 Å². The summed E-state index contributed by atoms with van der Waals surface area (Å²) in [5.74, 6) is -0.214. The van der Waals surface area contributed by atoms with Crippen LogP contribution in [-0.2, 0) is 9.53 Å². The molecule has 0 saturated heterocycles. The number of carbonyl (C=O) groups excluding carboxylic acids is 1. The minimum atomic E-state index is -0.214. The van der Waals surface area contributed by atoms with Gasteiger partial charge < -0.3 is 4.74 Å². The first-order chi connectivity index (χ1) is 6.72. The van der Waals surface area contributed by atoms with Gasteiger partial charge >= 0.3 is 5.97 Å². The van der Waals surface area contributed by atoms with Gasteiger partial charge in [-0.1, -0.05) is 42.0 Å².